The van der Waals surface area contributed by atoms with Crippen molar-refractivity contribution in [3.8, 4) is 5.75 Å². The molecule has 26 heavy (non-hydrogen) atoms. The van der Waals surface area contributed by atoms with Gasteiger partial charge >= 0.3 is 11.8 Å². The molecule has 7 heteroatoms. The van der Waals surface area contributed by atoms with Gasteiger partial charge in [-0.1, -0.05) is 6.07 Å². The summed E-state index contributed by atoms with van der Waals surface area (Å²) in [6, 6.07) is 4.01. The fourth-order valence-corrected chi connectivity index (χ4v) is 4.01. The molecule has 1 amide bonds. The Morgan fingerprint density at radius 2 is 1.96 bits per heavy atom. The van der Waals surface area contributed by atoms with Gasteiger partial charge in [-0.25, -0.2) is 9.59 Å². The molecule has 0 saturated carbocycles. The lowest BCUT2D eigenvalue weighted by Gasteiger charge is -2.38. The van der Waals surface area contributed by atoms with Crippen molar-refractivity contribution in [2.24, 2.45) is 7.05 Å². The lowest BCUT2D eigenvalue weighted by Crippen LogP contribution is -2.47. The van der Waals surface area contributed by atoms with Crippen molar-refractivity contribution in [2.75, 3.05) is 19.7 Å². The lowest BCUT2D eigenvalue weighted by molar-refractivity contribution is 0.0152. The molecule has 1 fully saturated rings. The molecule has 4 rings (SSSR count). The number of nitrogens with one attached hydrogen (secondary N) is 1. The smallest absolute Gasteiger partial charge is 0.410 e. The maximum absolute atomic E-state index is 12.3. The van der Waals surface area contributed by atoms with Crippen molar-refractivity contribution in [1.82, 2.24) is 14.5 Å². The largest absolute Gasteiger partial charge is 0.490 e. The first-order chi connectivity index (χ1) is 12.2. The van der Waals surface area contributed by atoms with Gasteiger partial charge in [-0.3, -0.25) is 4.57 Å². The number of aromatic amines is 1. The summed E-state index contributed by atoms with van der Waals surface area (Å²) in [5.41, 5.74) is 2.02. The standard InChI is InChI=1S/C19H25N3O4/c1-18(2,3)26-17(24)22-9-7-19(8-10-22)11-25-15-12(19)5-6-13-14(15)21(4)16(23)20-13/h5-6H,7-11H2,1-4H3,(H,20,23). The third-order valence-electron chi connectivity index (χ3n) is 5.45. The number of rotatable bonds is 0. The van der Waals surface area contributed by atoms with Crippen LogP contribution in [0.3, 0.4) is 0 Å². The van der Waals surface area contributed by atoms with Gasteiger partial charge < -0.3 is 19.4 Å². The van der Waals surface area contributed by atoms with Crippen LogP contribution in [0.25, 0.3) is 11.0 Å². The molecule has 0 bridgehead atoms. The Bertz CT molecular complexity index is 927. The number of nitrogens with zero attached hydrogens (tertiary/aromatic N) is 2. The van der Waals surface area contributed by atoms with E-state index in [1.165, 1.54) is 0 Å². The first-order valence-electron chi connectivity index (χ1n) is 9.03. The second-order valence-corrected chi connectivity index (χ2v) is 8.36. The van der Waals surface area contributed by atoms with Gasteiger partial charge in [0.25, 0.3) is 0 Å². The van der Waals surface area contributed by atoms with Crippen LogP contribution in [-0.4, -0.2) is 45.8 Å². The zero-order chi connectivity index (χ0) is 18.7. The van der Waals surface area contributed by atoms with Crippen LogP contribution < -0.4 is 10.4 Å². The molecule has 3 heterocycles. The van der Waals surface area contributed by atoms with Crippen LogP contribution in [0.2, 0.25) is 0 Å². The van der Waals surface area contributed by atoms with Crippen molar-refractivity contribution in [3.05, 3.63) is 28.2 Å². The summed E-state index contributed by atoms with van der Waals surface area (Å²) < 4.78 is 13.1. The number of likely N-dealkylation sites (tertiary alicyclic amines) is 1. The second-order valence-electron chi connectivity index (χ2n) is 8.36. The predicted octanol–water partition coefficient (Wildman–Crippen LogP) is 2.53. The third kappa shape index (κ3) is 2.57. The highest BCUT2D eigenvalue weighted by Gasteiger charge is 2.45. The molecule has 0 unspecified atom stereocenters. The quantitative estimate of drug-likeness (QED) is 0.784. The van der Waals surface area contributed by atoms with E-state index in [-0.39, 0.29) is 17.2 Å². The number of benzene rings is 1. The monoisotopic (exact) mass is 359 g/mol. The van der Waals surface area contributed by atoms with Gasteiger partial charge in [-0.2, -0.15) is 0 Å². The van der Waals surface area contributed by atoms with Crippen molar-refractivity contribution in [2.45, 2.75) is 44.6 Å². The summed E-state index contributed by atoms with van der Waals surface area (Å²) in [4.78, 5) is 28.9. The van der Waals surface area contributed by atoms with E-state index in [2.05, 4.69) is 11.1 Å². The van der Waals surface area contributed by atoms with Crippen LogP contribution in [0.4, 0.5) is 4.79 Å². The number of carbonyl (C=O) groups excluding carboxylic acids is 1. The van der Waals surface area contributed by atoms with E-state index in [1.54, 1.807) is 16.5 Å². The maximum Gasteiger partial charge on any atom is 0.410 e. The third-order valence-corrected chi connectivity index (χ3v) is 5.45. The van der Waals surface area contributed by atoms with Crippen LogP contribution in [0.1, 0.15) is 39.2 Å². The number of hydrogen-bond donors (Lipinski definition) is 1. The molecule has 0 radical (unpaired) electrons. The van der Waals surface area contributed by atoms with Gasteiger partial charge in [0.15, 0.2) is 0 Å². The number of ether oxygens (including phenoxy) is 2. The summed E-state index contributed by atoms with van der Waals surface area (Å²) in [5, 5.41) is 0. The summed E-state index contributed by atoms with van der Waals surface area (Å²) in [7, 11) is 1.75. The number of piperidine rings is 1. The van der Waals surface area contributed by atoms with Crippen LogP contribution in [0.5, 0.6) is 5.75 Å². The van der Waals surface area contributed by atoms with Gasteiger partial charge in [-0.15, -0.1) is 0 Å². The number of amides is 1. The molecule has 1 spiro atoms. The SMILES string of the molecule is Cn1c(=O)[nH]c2ccc3c(c21)OCC31CCN(C(=O)OC(C)(C)C)CC1. The molecule has 1 saturated heterocycles. The second kappa shape index (κ2) is 5.53. The minimum atomic E-state index is -0.486. The number of aromatic nitrogens is 2. The Morgan fingerprint density at radius 3 is 2.62 bits per heavy atom. The van der Waals surface area contributed by atoms with E-state index < -0.39 is 5.60 Å². The van der Waals surface area contributed by atoms with Gasteiger partial charge in [0.2, 0.25) is 0 Å². The highest BCUT2D eigenvalue weighted by Crippen LogP contribution is 2.48. The van der Waals surface area contributed by atoms with E-state index in [0.717, 1.165) is 35.2 Å². The molecule has 2 aliphatic rings. The summed E-state index contributed by atoms with van der Waals surface area (Å²) in [6.45, 7) is 7.50. The van der Waals surface area contributed by atoms with Crippen molar-refractivity contribution < 1.29 is 14.3 Å². The average Bonchev–Trinajstić information content (AvgIpc) is 3.05. The van der Waals surface area contributed by atoms with Gasteiger partial charge in [0, 0.05) is 31.1 Å². The van der Waals surface area contributed by atoms with Crippen molar-refractivity contribution in [3.63, 3.8) is 0 Å². The molecule has 2 aliphatic heterocycles. The first-order valence-corrected chi connectivity index (χ1v) is 9.03. The van der Waals surface area contributed by atoms with Crippen LogP contribution in [-0.2, 0) is 17.2 Å². The number of H-pyrrole nitrogens is 1. The number of fused-ring (bicyclic) bond motifs is 4. The summed E-state index contributed by atoms with van der Waals surface area (Å²) >= 11 is 0. The van der Waals surface area contributed by atoms with Crippen molar-refractivity contribution >= 4 is 17.1 Å². The Hall–Kier alpha value is -2.44. The molecule has 0 aliphatic carbocycles. The Morgan fingerprint density at radius 1 is 1.27 bits per heavy atom. The number of carbonyl (C=O) groups is 1. The molecule has 2 aromatic rings. The topological polar surface area (TPSA) is 76.6 Å². The van der Waals surface area contributed by atoms with E-state index >= 15 is 0 Å². The zero-order valence-electron chi connectivity index (χ0n) is 15.7. The van der Waals surface area contributed by atoms with Gasteiger partial charge in [0.1, 0.15) is 16.9 Å². The molecular formula is C19H25N3O4. The van der Waals surface area contributed by atoms with E-state index in [4.69, 9.17) is 9.47 Å². The maximum atomic E-state index is 12.3. The number of aryl methyl sites for hydroxylation is 1. The molecular weight excluding hydrogens is 334 g/mol. The molecule has 1 N–H and O–H groups in total. The van der Waals surface area contributed by atoms with Crippen LogP contribution >= 0.6 is 0 Å². The minimum absolute atomic E-state index is 0.102. The molecule has 1 aromatic carbocycles. The van der Waals surface area contributed by atoms with E-state index in [9.17, 15) is 9.59 Å². The molecule has 0 atom stereocenters. The Labute approximate surface area is 151 Å². The molecule has 7 nitrogen and oxygen atoms in total. The van der Waals surface area contributed by atoms with Gasteiger partial charge in [-0.05, 0) is 39.7 Å². The average molecular weight is 359 g/mol. The van der Waals surface area contributed by atoms with E-state index in [1.807, 2.05) is 26.8 Å². The summed E-state index contributed by atoms with van der Waals surface area (Å²) in [5.74, 6) is 0.800. The molecule has 1 aromatic heterocycles. The molecule has 140 valence electrons. The lowest BCUT2D eigenvalue weighted by atomic mass is 9.74. The fourth-order valence-electron chi connectivity index (χ4n) is 4.01. The number of hydrogen-bond acceptors (Lipinski definition) is 4. The Kier molecular flexibility index (Phi) is 3.61. The highest BCUT2D eigenvalue weighted by atomic mass is 16.6. The minimum Gasteiger partial charge on any atom is -0.490 e. The van der Waals surface area contributed by atoms with Gasteiger partial charge in [0.05, 0.1) is 12.1 Å². The normalized spacial score (nSPS) is 18.8. The fraction of sp³-hybridized carbons (Fsp3) is 0.579. The summed E-state index contributed by atoms with van der Waals surface area (Å²) in [6.07, 6.45) is 1.39. The predicted molar refractivity (Wildman–Crippen MR) is 97.8 cm³/mol. The Balaban J connectivity index is 1.60. The first kappa shape index (κ1) is 17.0. The van der Waals surface area contributed by atoms with Crippen LogP contribution in [0, 0.1) is 0 Å². The van der Waals surface area contributed by atoms with Crippen molar-refractivity contribution in [1.29, 1.82) is 0 Å². The van der Waals surface area contributed by atoms with E-state index in [0.29, 0.717) is 19.7 Å². The number of imidazole rings is 1. The zero-order valence-corrected chi connectivity index (χ0v) is 15.7. The highest BCUT2D eigenvalue weighted by molar-refractivity contribution is 5.85. The van der Waals surface area contributed by atoms with Crippen LogP contribution in [0.15, 0.2) is 16.9 Å².